The molecular formula is C8H19O4P. The smallest absolute Gasteiger partial charge is 0.330 e. The lowest BCUT2D eigenvalue weighted by molar-refractivity contribution is 0.218. The molecule has 0 saturated heterocycles. The Hall–Kier alpha value is 0.110. The molecule has 0 aromatic heterocycles. The lowest BCUT2D eigenvalue weighted by atomic mass is 10.4. The van der Waals surface area contributed by atoms with Crippen molar-refractivity contribution < 1.29 is 18.7 Å². The summed E-state index contributed by atoms with van der Waals surface area (Å²) in [4.78, 5) is 0. The van der Waals surface area contributed by atoms with Crippen molar-refractivity contribution in [2.45, 2.75) is 26.7 Å². The first-order valence-corrected chi connectivity index (χ1v) is 6.40. The largest absolute Gasteiger partial charge is 0.396 e. The Labute approximate surface area is 79.8 Å². The fourth-order valence-corrected chi connectivity index (χ4v) is 2.71. The van der Waals surface area contributed by atoms with Crippen molar-refractivity contribution in [3.8, 4) is 0 Å². The van der Waals surface area contributed by atoms with Crippen LogP contribution in [0.15, 0.2) is 0 Å². The van der Waals surface area contributed by atoms with Crippen LogP contribution in [0, 0.1) is 0 Å². The van der Waals surface area contributed by atoms with Gasteiger partial charge < -0.3 is 14.2 Å². The van der Waals surface area contributed by atoms with Crippen LogP contribution in [-0.2, 0) is 13.6 Å². The van der Waals surface area contributed by atoms with Crippen LogP contribution in [0.4, 0.5) is 0 Å². The van der Waals surface area contributed by atoms with E-state index in [1.54, 1.807) is 13.8 Å². The fraction of sp³-hybridized carbons (Fsp3) is 1.00. The third-order valence-electron chi connectivity index (χ3n) is 1.49. The molecule has 0 saturated carbocycles. The molecule has 0 amide bonds. The van der Waals surface area contributed by atoms with Gasteiger partial charge in [-0.2, -0.15) is 0 Å². The Bertz CT molecular complexity index is 150. The van der Waals surface area contributed by atoms with Gasteiger partial charge >= 0.3 is 7.60 Å². The highest BCUT2D eigenvalue weighted by Crippen LogP contribution is 2.48. The quantitative estimate of drug-likeness (QED) is 0.492. The number of hydrogen-bond donors (Lipinski definition) is 1. The minimum Gasteiger partial charge on any atom is -0.396 e. The lowest BCUT2D eigenvalue weighted by Gasteiger charge is -2.16. The van der Waals surface area contributed by atoms with Crippen molar-refractivity contribution in [2.24, 2.45) is 0 Å². The Morgan fingerprint density at radius 2 is 1.69 bits per heavy atom. The molecule has 0 aliphatic heterocycles. The normalized spacial score (nSPS) is 11.9. The average molecular weight is 210 g/mol. The summed E-state index contributed by atoms with van der Waals surface area (Å²) in [6.45, 7) is 4.50. The molecule has 0 radical (unpaired) electrons. The van der Waals surface area contributed by atoms with Crippen LogP contribution in [-0.4, -0.2) is 31.1 Å². The maximum absolute atomic E-state index is 11.8. The van der Waals surface area contributed by atoms with Crippen LogP contribution in [0.1, 0.15) is 26.7 Å². The molecule has 80 valence electrons. The van der Waals surface area contributed by atoms with E-state index in [0.29, 0.717) is 32.2 Å². The van der Waals surface area contributed by atoms with E-state index < -0.39 is 7.60 Å². The van der Waals surface area contributed by atoms with E-state index in [4.69, 9.17) is 14.2 Å². The summed E-state index contributed by atoms with van der Waals surface area (Å²) in [5.74, 6) is 0. The van der Waals surface area contributed by atoms with E-state index in [1.165, 1.54) is 0 Å². The highest BCUT2D eigenvalue weighted by molar-refractivity contribution is 7.53. The van der Waals surface area contributed by atoms with Crippen molar-refractivity contribution in [3.05, 3.63) is 0 Å². The van der Waals surface area contributed by atoms with Gasteiger partial charge in [-0.25, -0.2) is 0 Å². The Balaban J connectivity index is 3.85. The van der Waals surface area contributed by atoms with Gasteiger partial charge in [0.05, 0.1) is 19.4 Å². The zero-order chi connectivity index (χ0) is 10.2. The third kappa shape index (κ3) is 6.22. The summed E-state index contributed by atoms with van der Waals surface area (Å²) in [6.07, 6.45) is 1.72. The molecule has 0 bridgehead atoms. The molecule has 13 heavy (non-hydrogen) atoms. The van der Waals surface area contributed by atoms with E-state index in [-0.39, 0.29) is 6.61 Å². The van der Waals surface area contributed by atoms with Crippen LogP contribution >= 0.6 is 7.60 Å². The molecule has 0 atom stereocenters. The Morgan fingerprint density at radius 1 is 1.15 bits per heavy atom. The van der Waals surface area contributed by atoms with Crippen LogP contribution in [0.3, 0.4) is 0 Å². The highest BCUT2D eigenvalue weighted by atomic mass is 31.2. The number of unbranched alkanes of at least 4 members (excludes halogenated alkanes) is 1. The molecule has 0 rings (SSSR count). The molecule has 0 aliphatic carbocycles. The molecule has 0 aromatic rings. The zero-order valence-corrected chi connectivity index (χ0v) is 9.26. The van der Waals surface area contributed by atoms with Gasteiger partial charge in [0.15, 0.2) is 0 Å². The van der Waals surface area contributed by atoms with Crippen molar-refractivity contribution in [1.29, 1.82) is 0 Å². The number of aliphatic hydroxyl groups excluding tert-OH is 1. The van der Waals surface area contributed by atoms with Crippen molar-refractivity contribution in [3.63, 3.8) is 0 Å². The minimum absolute atomic E-state index is 0.123. The lowest BCUT2D eigenvalue weighted by Crippen LogP contribution is -2.00. The summed E-state index contributed by atoms with van der Waals surface area (Å²) in [7, 11) is -2.86. The minimum atomic E-state index is -2.86. The van der Waals surface area contributed by atoms with Crippen molar-refractivity contribution in [2.75, 3.05) is 26.0 Å². The summed E-state index contributed by atoms with van der Waals surface area (Å²) in [6, 6.07) is 0. The van der Waals surface area contributed by atoms with Crippen molar-refractivity contribution >= 4 is 7.60 Å². The third-order valence-corrected chi connectivity index (χ3v) is 3.66. The number of aliphatic hydroxyl groups is 1. The van der Waals surface area contributed by atoms with Crippen LogP contribution in [0.2, 0.25) is 0 Å². The van der Waals surface area contributed by atoms with Crippen LogP contribution in [0.5, 0.6) is 0 Å². The Morgan fingerprint density at radius 3 is 2.08 bits per heavy atom. The Kier molecular flexibility index (Phi) is 7.57. The molecule has 0 unspecified atom stereocenters. The molecular weight excluding hydrogens is 191 g/mol. The standard InChI is InChI=1S/C8H19O4P/c1-3-11-13(10,12-4-2)8-6-5-7-9/h9H,3-8H2,1-2H3. The SMILES string of the molecule is CCOP(=O)(CCCCO)OCC. The van der Waals surface area contributed by atoms with E-state index in [2.05, 4.69) is 0 Å². The van der Waals surface area contributed by atoms with Gasteiger partial charge in [-0.05, 0) is 26.7 Å². The van der Waals surface area contributed by atoms with E-state index in [9.17, 15) is 4.57 Å². The molecule has 1 N–H and O–H groups in total. The van der Waals surface area contributed by atoms with Gasteiger partial charge in [0.25, 0.3) is 0 Å². The summed E-state index contributed by atoms with van der Waals surface area (Å²) in [5.41, 5.74) is 0. The van der Waals surface area contributed by atoms with Gasteiger partial charge in [-0.15, -0.1) is 0 Å². The second kappa shape index (κ2) is 7.51. The monoisotopic (exact) mass is 210 g/mol. The molecule has 0 heterocycles. The predicted octanol–water partition coefficient (Wildman–Crippen LogP) is 2.02. The fourth-order valence-electron chi connectivity index (χ4n) is 0.977. The van der Waals surface area contributed by atoms with Gasteiger partial charge in [-0.3, -0.25) is 4.57 Å². The topological polar surface area (TPSA) is 55.8 Å². The average Bonchev–Trinajstić information content (AvgIpc) is 2.05. The predicted molar refractivity (Wildman–Crippen MR) is 52.0 cm³/mol. The molecule has 4 nitrogen and oxygen atoms in total. The molecule has 0 fully saturated rings. The molecule has 5 heteroatoms. The van der Waals surface area contributed by atoms with Gasteiger partial charge in [0.2, 0.25) is 0 Å². The zero-order valence-electron chi connectivity index (χ0n) is 8.36. The van der Waals surface area contributed by atoms with Gasteiger partial charge in [0, 0.05) is 6.61 Å². The molecule has 0 spiro atoms. The maximum atomic E-state index is 11.8. The first kappa shape index (κ1) is 13.1. The molecule has 0 aromatic carbocycles. The van der Waals surface area contributed by atoms with E-state index in [1.807, 2.05) is 0 Å². The summed E-state index contributed by atoms with van der Waals surface area (Å²) in [5, 5.41) is 8.55. The van der Waals surface area contributed by atoms with Gasteiger partial charge in [0.1, 0.15) is 0 Å². The molecule has 0 aliphatic rings. The van der Waals surface area contributed by atoms with E-state index >= 15 is 0 Å². The van der Waals surface area contributed by atoms with Crippen LogP contribution < -0.4 is 0 Å². The van der Waals surface area contributed by atoms with Gasteiger partial charge in [-0.1, -0.05) is 0 Å². The second-order valence-electron chi connectivity index (χ2n) is 2.60. The maximum Gasteiger partial charge on any atom is 0.330 e. The van der Waals surface area contributed by atoms with Crippen LogP contribution in [0.25, 0.3) is 0 Å². The first-order valence-electron chi connectivity index (χ1n) is 4.67. The summed E-state index contributed by atoms with van der Waals surface area (Å²) >= 11 is 0. The highest BCUT2D eigenvalue weighted by Gasteiger charge is 2.22. The first-order chi connectivity index (χ1) is 6.18. The van der Waals surface area contributed by atoms with E-state index in [0.717, 1.165) is 0 Å². The summed E-state index contributed by atoms with van der Waals surface area (Å²) < 4.78 is 21.9. The number of rotatable bonds is 8. The van der Waals surface area contributed by atoms with Crippen molar-refractivity contribution in [1.82, 2.24) is 0 Å². The second-order valence-corrected chi connectivity index (χ2v) is 4.79. The number of hydrogen-bond acceptors (Lipinski definition) is 4.